The molecule has 0 spiro atoms. The van der Waals surface area contributed by atoms with Gasteiger partial charge in [-0.15, -0.1) is 15.3 Å². The number of ether oxygens (including phenoxy) is 1. The average molecular weight is 389 g/mol. The maximum atomic E-state index is 5.97. The van der Waals surface area contributed by atoms with Crippen LogP contribution in [0.25, 0.3) is 28.3 Å². The van der Waals surface area contributed by atoms with Gasteiger partial charge in [-0.05, 0) is 30.7 Å². The lowest BCUT2D eigenvalue weighted by molar-refractivity contribution is 0.281. The highest BCUT2D eigenvalue weighted by Crippen LogP contribution is 2.30. The number of aryl methyl sites for hydroxylation is 2. The van der Waals surface area contributed by atoms with E-state index in [1.807, 2.05) is 25.1 Å². The minimum Gasteiger partial charge on any atom is -0.468 e. The highest BCUT2D eigenvalue weighted by atomic mass is 16.5. The molecule has 0 fully saturated rings. The smallest absolute Gasteiger partial charge is 0.240 e. The molecule has 0 aromatic carbocycles. The van der Waals surface area contributed by atoms with Crippen LogP contribution in [0.2, 0.25) is 0 Å². The van der Waals surface area contributed by atoms with Crippen molar-refractivity contribution in [1.82, 2.24) is 44.7 Å². The lowest BCUT2D eigenvalue weighted by Gasteiger charge is -2.10. The number of hydrogen-bond donors (Lipinski definition) is 0. The molecular formula is C18H15N9O2. The molecule has 5 aromatic rings. The van der Waals surface area contributed by atoms with Crippen molar-refractivity contribution < 1.29 is 9.26 Å². The molecule has 0 unspecified atom stereocenters. The third kappa shape index (κ3) is 3.18. The first-order valence-electron chi connectivity index (χ1n) is 8.75. The molecule has 0 amide bonds. The summed E-state index contributed by atoms with van der Waals surface area (Å²) in [4.78, 5) is 8.26. The number of fused-ring (bicyclic) bond motifs is 1. The highest BCUT2D eigenvalue weighted by Gasteiger charge is 2.18. The third-order valence-corrected chi connectivity index (χ3v) is 4.19. The van der Waals surface area contributed by atoms with E-state index in [4.69, 9.17) is 9.26 Å². The molecule has 0 bridgehead atoms. The third-order valence-electron chi connectivity index (χ3n) is 4.19. The molecule has 0 atom stereocenters. The van der Waals surface area contributed by atoms with Gasteiger partial charge < -0.3 is 9.26 Å². The Labute approximate surface area is 164 Å². The summed E-state index contributed by atoms with van der Waals surface area (Å²) < 4.78 is 14.3. The first-order valence-corrected chi connectivity index (χ1v) is 8.75. The zero-order valence-corrected chi connectivity index (χ0v) is 15.6. The van der Waals surface area contributed by atoms with Crippen LogP contribution in [-0.2, 0) is 13.7 Å². The van der Waals surface area contributed by atoms with Crippen LogP contribution in [0.5, 0.6) is 5.88 Å². The second kappa shape index (κ2) is 6.78. The van der Waals surface area contributed by atoms with E-state index in [9.17, 15) is 0 Å². The Bertz CT molecular complexity index is 1290. The summed E-state index contributed by atoms with van der Waals surface area (Å²) in [5.41, 5.74) is 2.74. The van der Waals surface area contributed by atoms with Crippen molar-refractivity contribution >= 4 is 5.65 Å². The van der Waals surface area contributed by atoms with Gasteiger partial charge in [0.25, 0.3) is 0 Å². The summed E-state index contributed by atoms with van der Waals surface area (Å²) in [5.74, 6) is 2.06. The van der Waals surface area contributed by atoms with Crippen LogP contribution >= 0.6 is 0 Å². The normalized spacial score (nSPS) is 11.2. The van der Waals surface area contributed by atoms with Gasteiger partial charge in [-0.3, -0.25) is 9.67 Å². The number of nitrogens with zero attached hydrogens (tertiary/aromatic N) is 9. The van der Waals surface area contributed by atoms with Crippen molar-refractivity contribution in [3.63, 3.8) is 0 Å². The summed E-state index contributed by atoms with van der Waals surface area (Å²) in [6.07, 6.45) is 5.03. The molecule has 11 nitrogen and oxygen atoms in total. The first-order chi connectivity index (χ1) is 14.2. The van der Waals surface area contributed by atoms with Crippen molar-refractivity contribution in [1.29, 1.82) is 0 Å². The fourth-order valence-corrected chi connectivity index (χ4v) is 2.88. The van der Waals surface area contributed by atoms with Crippen molar-refractivity contribution in [3.8, 4) is 28.5 Å². The van der Waals surface area contributed by atoms with E-state index in [0.717, 1.165) is 11.1 Å². The van der Waals surface area contributed by atoms with E-state index < -0.39 is 0 Å². The van der Waals surface area contributed by atoms with Crippen LogP contribution in [0.1, 0.15) is 11.6 Å². The van der Waals surface area contributed by atoms with E-state index in [1.54, 1.807) is 41.0 Å². The maximum Gasteiger partial charge on any atom is 0.240 e. The molecule has 0 aliphatic carbocycles. The Morgan fingerprint density at radius 2 is 1.97 bits per heavy atom. The lowest BCUT2D eigenvalue weighted by Crippen LogP contribution is -2.05. The van der Waals surface area contributed by atoms with Crippen molar-refractivity contribution in [3.05, 3.63) is 54.6 Å². The van der Waals surface area contributed by atoms with Gasteiger partial charge in [-0.2, -0.15) is 9.61 Å². The molecule has 0 saturated heterocycles. The van der Waals surface area contributed by atoms with Crippen LogP contribution in [-0.4, -0.2) is 44.7 Å². The van der Waals surface area contributed by atoms with E-state index in [-0.39, 0.29) is 6.61 Å². The summed E-state index contributed by atoms with van der Waals surface area (Å²) >= 11 is 0. The molecular weight excluding hydrogens is 374 g/mol. The predicted molar refractivity (Wildman–Crippen MR) is 99.6 cm³/mol. The van der Waals surface area contributed by atoms with Gasteiger partial charge in [0.15, 0.2) is 23.8 Å². The topological polar surface area (TPSA) is 122 Å². The Morgan fingerprint density at radius 1 is 1.10 bits per heavy atom. The summed E-state index contributed by atoms with van der Waals surface area (Å²) in [5, 5.41) is 21.3. The lowest BCUT2D eigenvalue weighted by atomic mass is 10.1. The fraction of sp³-hybridized carbons (Fsp3) is 0.167. The fourth-order valence-electron chi connectivity index (χ4n) is 2.88. The van der Waals surface area contributed by atoms with E-state index >= 15 is 0 Å². The molecule has 0 saturated carbocycles. The summed E-state index contributed by atoms with van der Waals surface area (Å²) in [6, 6.07) is 7.37. The van der Waals surface area contributed by atoms with Crippen LogP contribution < -0.4 is 4.74 Å². The molecule has 5 rings (SSSR count). The minimum atomic E-state index is 0.165. The number of rotatable bonds is 5. The Kier molecular flexibility index (Phi) is 3.97. The Morgan fingerprint density at radius 3 is 2.69 bits per heavy atom. The number of hydrogen-bond acceptors (Lipinski definition) is 9. The zero-order valence-electron chi connectivity index (χ0n) is 15.6. The van der Waals surface area contributed by atoms with Gasteiger partial charge in [-0.25, -0.2) is 4.98 Å². The number of pyridine rings is 1. The van der Waals surface area contributed by atoms with Gasteiger partial charge in [0, 0.05) is 31.1 Å². The molecule has 5 heterocycles. The van der Waals surface area contributed by atoms with Crippen molar-refractivity contribution in [2.24, 2.45) is 7.05 Å². The Hall–Kier alpha value is -4.15. The molecule has 0 aliphatic rings. The van der Waals surface area contributed by atoms with Gasteiger partial charge in [0.1, 0.15) is 12.1 Å². The highest BCUT2D eigenvalue weighted by molar-refractivity contribution is 5.72. The molecule has 29 heavy (non-hydrogen) atoms. The second-order valence-electron chi connectivity index (χ2n) is 6.34. The molecule has 0 aliphatic heterocycles. The van der Waals surface area contributed by atoms with Gasteiger partial charge >= 0.3 is 0 Å². The Balaban J connectivity index is 1.61. The average Bonchev–Trinajstić information content (AvgIpc) is 3.45. The summed E-state index contributed by atoms with van der Waals surface area (Å²) in [6.45, 7) is 1.97. The first kappa shape index (κ1) is 17.0. The second-order valence-corrected chi connectivity index (χ2v) is 6.34. The van der Waals surface area contributed by atoms with Crippen LogP contribution in [0, 0.1) is 6.92 Å². The molecule has 0 N–H and O–H groups in total. The molecule has 11 heteroatoms. The zero-order chi connectivity index (χ0) is 19.8. The van der Waals surface area contributed by atoms with Gasteiger partial charge in [-0.1, -0.05) is 5.16 Å². The predicted octanol–water partition coefficient (Wildman–Crippen LogP) is 1.86. The standard InChI is InChI=1S/C18H15N9O2/c1-11-7-14(25-29-11)17-22-21-16-8-13(12-3-5-19-6-4-12)18(24-27(16)17)28-9-15-20-10-26(2)23-15/h3-8,10H,9H2,1-2H3. The molecule has 144 valence electrons. The molecule has 0 radical (unpaired) electrons. The number of aromatic nitrogens is 9. The van der Waals surface area contributed by atoms with Gasteiger partial charge in [0.05, 0.1) is 0 Å². The van der Waals surface area contributed by atoms with Crippen molar-refractivity contribution in [2.45, 2.75) is 13.5 Å². The van der Waals surface area contributed by atoms with Crippen LogP contribution in [0.4, 0.5) is 0 Å². The monoisotopic (exact) mass is 389 g/mol. The van der Waals surface area contributed by atoms with Crippen LogP contribution in [0.15, 0.2) is 47.5 Å². The SMILES string of the molecule is Cc1cc(-c2nnc3cc(-c4ccncc4)c(OCc4ncn(C)n4)nn23)no1. The van der Waals surface area contributed by atoms with E-state index in [0.29, 0.717) is 34.6 Å². The summed E-state index contributed by atoms with van der Waals surface area (Å²) in [7, 11) is 1.80. The molecule has 5 aromatic heterocycles. The van der Waals surface area contributed by atoms with E-state index in [1.165, 1.54) is 0 Å². The largest absolute Gasteiger partial charge is 0.468 e. The van der Waals surface area contributed by atoms with Crippen LogP contribution in [0.3, 0.4) is 0 Å². The van der Waals surface area contributed by atoms with Gasteiger partial charge in [0.2, 0.25) is 11.7 Å². The quantitative estimate of drug-likeness (QED) is 0.443. The maximum absolute atomic E-state index is 5.97. The minimum absolute atomic E-state index is 0.165. The van der Waals surface area contributed by atoms with Crippen molar-refractivity contribution in [2.75, 3.05) is 0 Å². The van der Waals surface area contributed by atoms with E-state index in [2.05, 4.69) is 35.5 Å².